The average molecular weight is 228 g/mol. The highest BCUT2D eigenvalue weighted by atomic mass is 16.5. The van der Waals surface area contributed by atoms with Gasteiger partial charge in [0, 0.05) is 6.61 Å². The number of nitrogens with zero attached hydrogens (tertiary/aromatic N) is 1. The Bertz CT molecular complexity index is 179. The molecule has 1 fully saturated rings. The minimum absolute atomic E-state index is 0.231. The maximum atomic E-state index is 6.10. The molecule has 96 valence electrons. The smallest absolute Gasteiger partial charge is 0.0694 e. The lowest BCUT2D eigenvalue weighted by Crippen LogP contribution is -2.43. The molecular formula is C13H28N2O. The molecule has 3 heteroatoms. The van der Waals surface area contributed by atoms with Crippen LogP contribution in [0.5, 0.6) is 0 Å². The first-order valence-electron chi connectivity index (χ1n) is 6.68. The first-order chi connectivity index (χ1) is 7.68. The van der Waals surface area contributed by atoms with Crippen molar-refractivity contribution in [3.8, 4) is 0 Å². The third-order valence-electron chi connectivity index (χ3n) is 3.43. The number of nitrogens with one attached hydrogen (secondary N) is 1. The molecule has 3 nitrogen and oxygen atoms in total. The SMILES string of the molecule is CCNCCC1(OCCCN(C)C)CCC1. The highest BCUT2D eigenvalue weighted by Gasteiger charge is 2.37. The summed E-state index contributed by atoms with van der Waals surface area (Å²) in [5.41, 5.74) is 0.231. The summed E-state index contributed by atoms with van der Waals surface area (Å²) in [6.45, 7) is 6.37. The molecule has 1 rings (SSSR count). The van der Waals surface area contributed by atoms with E-state index in [2.05, 4.69) is 31.2 Å². The molecule has 0 unspecified atom stereocenters. The van der Waals surface area contributed by atoms with E-state index in [-0.39, 0.29) is 5.60 Å². The maximum Gasteiger partial charge on any atom is 0.0694 e. The summed E-state index contributed by atoms with van der Waals surface area (Å²) >= 11 is 0. The molecule has 0 saturated heterocycles. The van der Waals surface area contributed by atoms with E-state index >= 15 is 0 Å². The normalized spacial score (nSPS) is 18.8. The summed E-state index contributed by atoms with van der Waals surface area (Å²) in [4.78, 5) is 2.22. The number of hydrogen-bond donors (Lipinski definition) is 1. The van der Waals surface area contributed by atoms with Crippen molar-refractivity contribution in [2.45, 2.75) is 44.6 Å². The van der Waals surface area contributed by atoms with Gasteiger partial charge in [-0.2, -0.15) is 0 Å². The van der Waals surface area contributed by atoms with Crippen LogP contribution in [-0.4, -0.2) is 50.8 Å². The van der Waals surface area contributed by atoms with Crippen LogP contribution in [0.15, 0.2) is 0 Å². The molecule has 0 atom stereocenters. The second kappa shape index (κ2) is 7.25. The molecule has 0 amide bonds. The zero-order valence-electron chi connectivity index (χ0n) is 11.2. The lowest BCUT2D eigenvalue weighted by atomic mass is 9.77. The van der Waals surface area contributed by atoms with Gasteiger partial charge < -0.3 is 15.0 Å². The fraction of sp³-hybridized carbons (Fsp3) is 1.00. The van der Waals surface area contributed by atoms with Crippen molar-refractivity contribution in [2.75, 3.05) is 40.3 Å². The van der Waals surface area contributed by atoms with Crippen LogP contribution in [0.4, 0.5) is 0 Å². The number of hydrogen-bond acceptors (Lipinski definition) is 3. The quantitative estimate of drug-likeness (QED) is 0.610. The van der Waals surface area contributed by atoms with E-state index in [1.807, 2.05) is 0 Å². The zero-order valence-corrected chi connectivity index (χ0v) is 11.2. The highest BCUT2D eigenvalue weighted by molar-refractivity contribution is 4.90. The van der Waals surface area contributed by atoms with Gasteiger partial charge in [-0.25, -0.2) is 0 Å². The standard InChI is InChI=1S/C13H28N2O/c1-4-14-10-9-13(7-5-8-13)16-12-6-11-15(2)3/h14H,4-12H2,1-3H3. The lowest BCUT2D eigenvalue weighted by Gasteiger charge is -2.42. The monoisotopic (exact) mass is 228 g/mol. The summed E-state index contributed by atoms with van der Waals surface area (Å²) in [6.07, 6.45) is 6.21. The van der Waals surface area contributed by atoms with Gasteiger partial charge in [0.25, 0.3) is 0 Å². The van der Waals surface area contributed by atoms with E-state index in [9.17, 15) is 0 Å². The molecule has 1 aliphatic rings. The Labute approximate surface area is 101 Å². The third kappa shape index (κ3) is 4.81. The van der Waals surface area contributed by atoms with E-state index < -0.39 is 0 Å². The average Bonchev–Trinajstić information content (AvgIpc) is 2.19. The van der Waals surface area contributed by atoms with Crippen LogP contribution in [0, 0.1) is 0 Å². The van der Waals surface area contributed by atoms with Crippen LogP contribution >= 0.6 is 0 Å². The van der Waals surface area contributed by atoms with Crippen LogP contribution < -0.4 is 5.32 Å². The fourth-order valence-electron chi connectivity index (χ4n) is 2.20. The van der Waals surface area contributed by atoms with Gasteiger partial charge in [0.05, 0.1) is 5.60 Å². The van der Waals surface area contributed by atoms with Crippen LogP contribution in [0.3, 0.4) is 0 Å². The molecule has 0 aromatic rings. The zero-order chi connectivity index (χ0) is 11.9. The van der Waals surface area contributed by atoms with Gasteiger partial charge in [0.2, 0.25) is 0 Å². The number of ether oxygens (including phenoxy) is 1. The van der Waals surface area contributed by atoms with E-state index in [1.165, 1.54) is 25.7 Å². The van der Waals surface area contributed by atoms with Crippen molar-refractivity contribution in [3.63, 3.8) is 0 Å². The highest BCUT2D eigenvalue weighted by Crippen LogP contribution is 2.38. The van der Waals surface area contributed by atoms with Gasteiger partial charge in [0.1, 0.15) is 0 Å². The molecule has 0 bridgehead atoms. The third-order valence-corrected chi connectivity index (χ3v) is 3.43. The van der Waals surface area contributed by atoms with E-state index in [0.29, 0.717) is 0 Å². The predicted octanol–water partition coefficient (Wildman–Crippen LogP) is 1.88. The Morgan fingerprint density at radius 3 is 2.56 bits per heavy atom. The van der Waals surface area contributed by atoms with E-state index in [4.69, 9.17) is 4.74 Å². The Morgan fingerprint density at radius 1 is 1.31 bits per heavy atom. The van der Waals surface area contributed by atoms with Crippen molar-refractivity contribution < 1.29 is 4.74 Å². The Hall–Kier alpha value is -0.120. The molecule has 1 N–H and O–H groups in total. The van der Waals surface area contributed by atoms with Crippen LogP contribution in [-0.2, 0) is 4.74 Å². The molecule has 1 aliphatic carbocycles. The van der Waals surface area contributed by atoms with Crippen LogP contribution in [0.25, 0.3) is 0 Å². The number of rotatable bonds is 9. The Kier molecular flexibility index (Phi) is 6.32. The summed E-state index contributed by atoms with van der Waals surface area (Å²) in [5.74, 6) is 0. The topological polar surface area (TPSA) is 24.5 Å². The second-order valence-electron chi connectivity index (χ2n) is 5.15. The van der Waals surface area contributed by atoms with Crippen molar-refractivity contribution in [2.24, 2.45) is 0 Å². The summed E-state index contributed by atoms with van der Waals surface area (Å²) < 4.78 is 6.10. The van der Waals surface area contributed by atoms with Crippen molar-refractivity contribution in [3.05, 3.63) is 0 Å². The van der Waals surface area contributed by atoms with E-state index in [0.717, 1.165) is 32.7 Å². The first kappa shape index (κ1) is 13.9. The largest absolute Gasteiger partial charge is 0.375 e. The van der Waals surface area contributed by atoms with Crippen molar-refractivity contribution in [1.29, 1.82) is 0 Å². The van der Waals surface area contributed by atoms with Crippen molar-refractivity contribution in [1.82, 2.24) is 10.2 Å². The minimum Gasteiger partial charge on any atom is -0.375 e. The predicted molar refractivity (Wildman–Crippen MR) is 68.9 cm³/mol. The van der Waals surface area contributed by atoms with Gasteiger partial charge >= 0.3 is 0 Å². The molecular weight excluding hydrogens is 200 g/mol. The fourth-order valence-corrected chi connectivity index (χ4v) is 2.20. The molecule has 0 aliphatic heterocycles. The van der Waals surface area contributed by atoms with Gasteiger partial charge in [-0.1, -0.05) is 6.92 Å². The summed E-state index contributed by atoms with van der Waals surface area (Å²) in [7, 11) is 4.23. The van der Waals surface area contributed by atoms with Crippen LogP contribution in [0.2, 0.25) is 0 Å². The van der Waals surface area contributed by atoms with Gasteiger partial charge in [-0.3, -0.25) is 0 Å². The Morgan fingerprint density at radius 2 is 2.06 bits per heavy atom. The second-order valence-corrected chi connectivity index (χ2v) is 5.15. The molecule has 0 spiro atoms. The molecule has 16 heavy (non-hydrogen) atoms. The minimum atomic E-state index is 0.231. The van der Waals surface area contributed by atoms with E-state index in [1.54, 1.807) is 0 Å². The summed E-state index contributed by atoms with van der Waals surface area (Å²) in [5, 5.41) is 3.39. The lowest BCUT2D eigenvalue weighted by molar-refractivity contribution is -0.105. The van der Waals surface area contributed by atoms with Gasteiger partial charge in [-0.05, 0) is 65.8 Å². The molecule has 1 saturated carbocycles. The van der Waals surface area contributed by atoms with Crippen molar-refractivity contribution >= 4 is 0 Å². The van der Waals surface area contributed by atoms with Gasteiger partial charge in [0.15, 0.2) is 0 Å². The summed E-state index contributed by atoms with van der Waals surface area (Å²) in [6, 6.07) is 0. The molecule has 0 radical (unpaired) electrons. The first-order valence-corrected chi connectivity index (χ1v) is 6.68. The molecule has 0 aromatic heterocycles. The molecule has 0 heterocycles. The maximum absolute atomic E-state index is 6.10. The van der Waals surface area contributed by atoms with Crippen LogP contribution in [0.1, 0.15) is 39.0 Å². The van der Waals surface area contributed by atoms with Gasteiger partial charge in [-0.15, -0.1) is 0 Å². The molecule has 0 aromatic carbocycles. The Balaban J connectivity index is 2.10.